The third-order valence-electron chi connectivity index (χ3n) is 3.19. The zero-order valence-corrected chi connectivity index (χ0v) is 16.2. The van der Waals surface area contributed by atoms with Crippen molar-refractivity contribution in [3.05, 3.63) is 30.1 Å². The number of nitrogens with two attached hydrogens (primary N) is 1. The molecule has 150 valence electrons. The second-order valence-electron chi connectivity index (χ2n) is 5.27. The van der Waals surface area contributed by atoms with Crippen molar-refractivity contribution in [3.8, 4) is 17.1 Å². The van der Waals surface area contributed by atoms with E-state index in [4.69, 9.17) is 24.7 Å². The van der Waals surface area contributed by atoms with Gasteiger partial charge in [0, 0.05) is 12.1 Å². The van der Waals surface area contributed by atoms with Crippen molar-refractivity contribution in [2.24, 2.45) is 5.73 Å². The van der Waals surface area contributed by atoms with Crippen LogP contribution in [0.4, 0.5) is 0 Å². The fraction of sp³-hybridized carbons (Fsp3) is 0.529. The smallest absolute Gasteiger partial charge is 0.203 e. The van der Waals surface area contributed by atoms with Crippen molar-refractivity contribution in [1.29, 1.82) is 0 Å². The number of aryl methyl sites for hydroxylation is 1. The summed E-state index contributed by atoms with van der Waals surface area (Å²) in [5.41, 5.74) is 6.14. The molecule has 0 amide bonds. The summed E-state index contributed by atoms with van der Waals surface area (Å²) in [4.78, 5) is 0. The van der Waals surface area contributed by atoms with Crippen molar-refractivity contribution < 1.29 is 18.9 Å². The van der Waals surface area contributed by atoms with Gasteiger partial charge in [-0.05, 0) is 31.2 Å². The second-order valence-corrected chi connectivity index (χ2v) is 5.27. The van der Waals surface area contributed by atoms with Gasteiger partial charge < -0.3 is 24.7 Å². The summed E-state index contributed by atoms with van der Waals surface area (Å²) in [6.45, 7) is 5.92. The fourth-order valence-electron chi connectivity index (χ4n) is 1.94. The third kappa shape index (κ3) is 9.55. The lowest BCUT2D eigenvalue weighted by Gasteiger charge is -2.08. The lowest BCUT2D eigenvalue weighted by Crippen LogP contribution is -2.14. The van der Waals surface area contributed by atoms with Crippen LogP contribution in [-0.2, 0) is 14.2 Å². The van der Waals surface area contributed by atoms with E-state index in [1.165, 1.54) is 0 Å². The molecular formula is C17H26ClN5O4. The van der Waals surface area contributed by atoms with Crippen LogP contribution in [0.5, 0.6) is 5.75 Å². The van der Waals surface area contributed by atoms with Crippen LogP contribution in [0.2, 0.25) is 0 Å². The van der Waals surface area contributed by atoms with Gasteiger partial charge in [0.2, 0.25) is 5.82 Å². The zero-order chi connectivity index (χ0) is 18.5. The van der Waals surface area contributed by atoms with Crippen LogP contribution in [0, 0.1) is 6.92 Å². The summed E-state index contributed by atoms with van der Waals surface area (Å²) in [5, 5.41) is 15.8. The number of hydrogen-bond acceptors (Lipinski definition) is 9. The van der Waals surface area contributed by atoms with E-state index < -0.39 is 0 Å². The highest BCUT2D eigenvalue weighted by atomic mass is 35.5. The topological polar surface area (TPSA) is 115 Å². The van der Waals surface area contributed by atoms with Crippen LogP contribution < -0.4 is 10.5 Å². The van der Waals surface area contributed by atoms with E-state index >= 15 is 0 Å². The molecule has 0 bridgehead atoms. The molecular weight excluding hydrogens is 374 g/mol. The highest BCUT2D eigenvalue weighted by molar-refractivity contribution is 5.85. The average Bonchev–Trinajstić information content (AvgIpc) is 2.67. The molecule has 0 aliphatic carbocycles. The van der Waals surface area contributed by atoms with Gasteiger partial charge in [0.1, 0.15) is 12.4 Å². The van der Waals surface area contributed by atoms with Crippen molar-refractivity contribution in [2.45, 2.75) is 6.92 Å². The van der Waals surface area contributed by atoms with Crippen LogP contribution in [0.1, 0.15) is 5.82 Å². The van der Waals surface area contributed by atoms with Gasteiger partial charge >= 0.3 is 0 Å². The summed E-state index contributed by atoms with van der Waals surface area (Å²) in [7, 11) is 0. The van der Waals surface area contributed by atoms with Crippen LogP contribution in [0.3, 0.4) is 0 Å². The van der Waals surface area contributed by atoms with E-state index in [0.29, 0.717) is 64.4 Å². The first-order valence-corrected chi connectivity index (χ1v) is 8.50. The molecule has 27 heavy (non-hydrogen) atoms. The van der Waals surface area contributed by atoms with Crippen LogP contribution in [-0.4, -0.2) is 73.2 Å². The average molecular weight is 400 g/mol. The van der Waals surface area contributed by atoms with E-state index in [1.807, 2.05) is 24.3 Å². The van der Waals surface area contributed by atoms with Crippen molar-refractivity contribution in [3.63, 3.8) is 0 Å². The molecule has 0 aliphatic rings. The molecule has 0 radical (unpaired) electrons. The minimum Gasteiger partial charge on any atom is -0.491 e. The number of halogens is 1. The molecule has 9 nitrogen and oxygen atoms in total. The first-order valence-electron chi connectivity index (χ1n) is 8.50. The summed E-state index contributed by atoms with van der Waals surface area (Å²) >= 11 is 0. The van der Waals surface area contributed by atoms with Crippen LogP contribution in [0.15, 0.2) is 24.3 Å². The number of aromatic nitrogens is 4. The minimum absolute atomic E-state index is 0. The molecule has 0 aliphatic heterocycles. The normalized spacial score (nSPS) is 10.4. The SMILES string of the molecule is Cc1nnc(-c2ccc(OCCOCCOCCOCCN)cc2)nn1.Cl. The number of benzene rings is 1. The number of nitrogens with zero attached hydrogens (tertiary/aromatic N) is 4. The molecule has 1 aromatic carbocycles. The molecule has 1 aromatic heterocycles. The van der Waals surface area contributed by atoms with Gasteiger partial charge in [0.15, 0.2) is 5.82 Å². The highest BCUT2D eigenvalue weighted by Crippen LogP contribution is 2.18. The molecule has 0 atom stereocenters. The molecule has 0 fully saturated rings. The lowest BCUT2D eigenvalue weighted by atomic mass is 10.2. The second kappa shape index (κ2) is 14.2. The summed E-state index contributed by atoms with van der Waals surface area (Å²) in [6.07, 6.45) is 0. The Bertz CT molecular complexity index is 616. The van der Waals surface area contributed by atoms with Gasteiger partial charge in [0.05, 0.1) is 39.6 Å². The maximum Gasteiger partial charge on any atom is 0.203 e. The van der Waals surface area contributed by atoms with E-state index in [2.05, 4.69) is 20.4 Å². The molecule has 0 spiro atoms. The van der Waals surface area contributed by atoms with Gasteiger partial charge in [-0.25, -0.2) is 0 Å². The maximum absolute atomic E-state index is 5.62. The van der Waals surface area contributed by atoms with E-state index in [-0.39, 0.29) is 12.4 Å². The Kier molecular flexibility index (Phi) is 12.2. The van der Waals surface area contributed by atoms with Crippen LogP contribution >= 0.6 is 12.4 Å². The monoisotopic (exact) mass is 399 g/mol. The summed E-state index contributed by atoms with van der Waals surface area (Å²) in [5.74, 6) is 1.77. The molecule has 0 saturated heterocycles. The Morgan fingerprint density at radius 2 is 1.26 bits per heavy atom. The molecule has 2 N–H and O–H groups in total. The Morgan fingerprint density at radius 3 is 1.81 bits per heavy atom. The largest absolute Gasteiger partial charge is 0.491 e. The van der Waals surface area contributed by atoms with E-state index in [9.17, 15) is 0 Å². The summed E-state index contributed by atoms with van der Waals surface area (Å²) < 4.78 is 21.6. The van der Waals surface area contributed by atoms with Crippen molar-refractivity contribution >= 4 is 12.4 Å². The predicted molar refractivity (Wildman–Crippen MR) is 102 cm³/mol. The molecule has 10 heteroatoms. The lowest BCUT2D eigenvalue weighted by molar-refractivity contribution is 0.0106. The number of hydrogen-bond donors (Lipinski definition) is 1. The Hall–Kier alpha value is -1.91. The number of ether oxygens (including phenoxy) is 4. The van der Waals surface area contributed by atoms with Gasteiger partial charge in [-0.15, -0.1) is 32.8 Å². The molecule has 2 rings (SSSR count). The first-order chi connectivity index (χ1) is 12.8. The highest BCUT2D eigenvalue weighted by Gasteiger charge is 2.03. The summed E-state index contributed by atoms with van der Waals surface area (Å²) in [6, 6.07) is 7.43. The maximum atomic E-state index is 5.62. The Labute approximate surface area is 165 Å². The minimum atomic E-state index is 0. The van der Waals surface area contributed by atoms with E-state index in [1.54, 1.807) is 6.92 Å². The standard InChI is InChI=1S/C17H25N5O4.ClH/c1-14-19-21-17(22-20-14)15-2-4-16(5-3-15)26-13-12-25-11-10-24-9-8-23-7-6-18;/h2-5H,6-13,18H2,1H3;1H. The third-order valence-corrected chi connectivity index (χ3v) is 3.19. The van der Waals surface area contributed by atoms with Gasteiger partial charge in [0.25, 0.3) is 0 Å². The molecule has 1 heterocycles. The number of rotatable bonds is 13. The predicted octanol–water partition coefficient (Wildman–Crippen LogP) is 1.05. The zero-order valence-electron chi connectivity index (χ0n) is 15.4. The molecule has 0 saturated carbocycles. The van der Waals surface area contributed by atoms with Crippen molar-refractivity contribution in [2.75, 3.05) is 52.8 Å². The fourth-order valence-corrected chi connectivity index (χ4v) is 1.94. The Morgan fingerprint density at radius 1 is 0.741 bits per heavy atom. The van der Waals surface area contributed by atoms with Gasteiger partial charge in [-0.1, -0.05) is 0 Å². The van der Waals surface area contributed by atoms with Crippen LogP contribution in [0.25, 0.3) is 11.4 Å². The molecule has 0 unspecified atom stereocenters. The Balaban J connectivity index is 0.00000364. The first kappa shape index (κ1) is 23.1. The quantitative estimate of drug-likeness (QED) is 0.493. The van der Waals surface area contributed by atoms with Gasteiger partial charge in [-0.2, -0.15) is 0 Å². The van der Waals surface area contributed by atoms with E-state index in [0.717, 1.165) is 11.3 Å². The molecule has 2 aromatic rings. The van der Waals surface area contributed by atoms with Crippen molar-refractivity contribution in [1.82, 2.24) is 20.4 Å². The van der Waals surface area contributed by atoms with Gasteiger partial charge in [-0.3, -0.25) is 0 Å².